The number of benzene rings is 2. The highest BCUT2D eigenvalue weighted by molar-refractivity contribution is 6.30. The second kappa shape index (κ2) is 5.10. The Morgan fingerprint density at radius 3 is 2.14 bits per heavy atom. The molecule has 106 valence electrons. The third kappa shape index (κ3) is 2.21. The predicted molar refractivity (Wildman–Crippen MR) is 85.1 cm³/mol. The molecule has 0 aliphatic carbocycles. The average molecular weight is 300 g/mol. The van der Waals surface area contributed by atoms with Gasteiger partial charge in [0.2, 0.25) is 5.96 Å². The van der Waals surface area contributed by atoms with Crippen LogP contribution in [0.4, 0.5) is 0 Å². The van der Waals surface area contributed by atoms with Crippen LogP contribution in [0.15, 0.2) is 64.7 Å². The fourth-order valence-electron chi connectivity index (χ4n) is 2.41. The second-order valence-electron chi connectivity index (χ2n) is 4.70. The van der Waals surface area contributed by atoms with E-state index in [2.05, 4.69) is 15.5 Å². The summed E-state index contributed by atoms with van der Waals surface area (Å²) in [4.78, 5) is 4.14. The third-order valence-corrected chi connectivity index (χ3v) is 3.69. The van der Waals surface area contributed by atoms with Crippen molar-refractivity contribution in [3.8, 4) is 0 Å². The van der Waals surface area contributed by atoms with E-state index in [0.29, 0.717) is 10.9 Å². The number of nitrogens with two attached hydrogens (primary N) is 2. The van der Waals surface area contributed by atoms with Gasteiger partial charge in [-0.2, -0.15) is 4.99 Å². The Morgan fingerprint density at radius 1 is 0.905 bits per heavy atom. The van der Waals surface area contributed by atoms with Gasteiger partial charge in [0.25, 0.3) is 0 Å². The van der Waals surface area contributed by atoms with Crippen molar-refractivity contribution in [1.82, 2.24) is 5.43 Å². The first-order valence-electron chi connectivity index (χ1n) is 6.39. The number of halogens is 1. The Labute approximate surface area is 127 Å². The van der Waals surface area contributed by atoms with Gasteiger partial charge in [-0.3, -0.25) is 5.43 Å². The van der Waals surface area contributed by atoms with Crippen LogP contribution in [0.1, 0.15) is 11.1 Å². The van der Waals surface area contributed by atoms with E-state index < -0.39 is 5.54 Å². The maximum Gasteiger partial charge on any atom is 0.239 e. The van der Waals surface area contributed by atoms with Crippen LogP contribution >= 0.6 is 11.6 Å². The van der Waals surface area contributed by atoms with Gasteiger partial charge < -0.3 is 11.5 Å². The molecule has 1 aliphatic heterocycles. The summed E-state index contributed by atoms with van der Waals surface area (Å²) >= 11 is 5.97. The van der Waals surface area contributed by atoms with Crippen LogP contribution in [-0.4, -0.2) is 11.8 Å². The molecule has 0 radical (unpaired) electrons. The van der Waals surface area contributed by atoms with E-state index in [1.807, 2.05) is 42.5 Å². The molecule has 0 saturated heterocycles. The fraction of sp³-hybridized carbons (Fsp3) is 0.0667. The number of amidine groups is 1. The first-order chi connectivity index (χ1) is 10.1. The predicted octanol–water partition coefficient (Wildman–Crippen LogP) is 1.77. The lowest BCUT2D eigenvalue weighted by molar-refractivity contribution is 0.529. The molecule has 21 heavy (non-hydrogen) atoms. The molecular formula is C15H14ClN5. The number of hydrogen-bond donors (Lipinski definition) is 3. The first-order valence-corrected chi connectivity index (χ1v) is 6.77. The van der Waals surface area contributed by atoms with Crippen molar-refractivity contribution in [3.63, 3.8) is 0 Å². The van der Waals surface area contributed by atoms with Crippen LogP contribution in [0.5, 0.6) is 0 Å². The summed E-state index contributed by atoms with van der Waals surface area (Å²) in [6, 6.07) is 17.1. The average Bonchev–Trinajstić information content (AvgIpc) is 2.50. The molecule has 5 N–H and O–H groups in total. The monoisotopic (exact) mass is 299 g/mol. The molecule has 1 unspecified atom stereocenters. The lowest BCUT2D eigenvalue weighted by Crippen LogP contribution is -2.55. The maximum absolute atomic E-state index is 6.20. The summed E-state index contributed by atoms with van der Waals surface area (Å²) in [6.07, 6.45) is 0. The lowest BCUT2D eigenvalue weighted by atomic mass is 9.82. The van der Waals surface area contributed by atoms with E-state index in [-0.39, 0.29) is 5.96 Å². The van der Waals surface area contributed by atoms with Gasteiger partial charge in [-0.05, 0) is 23.3 Å². The van der Waals surface area contributed by atoms with Crippen molar-refractivity contribution in [1.29, 1.82) is 0 Å². The molecule has 0 aromatic heterocycles. The number of hydrazone groups is 1. The molecule has 0 saturated carbocycles. The van der Waals surface area contributed by atoms with Gasteiger partial charge in [0.15, 0.2) is 5.54 Å². The van der Waals surface area contributed by atoms with Crippen molar-refractivity contribution in [2.24, 2.45) is 21.6 Å². The molecule has 1 atom stereocenters. The second-order valence-corrected chi connectivity index (χ2v) is 5.14. The first kappa shape index (κ1) is 13.5. The minimum atomic E-state index is -0.852. The van der Waals surface area contributed by atoms with Crippen LogP contribution in [0.3, 0.4) is 0 Å². The number of guanidine groups is 1. The molecule has 0 fully saturated rings. The topological polar surface area (TPSA) is 88.8 Å². The zero-order valence-electron chi connectivity index (χ0n) is 11.1. The molecule has 0 amide bonds. The van der Waals surface area contributed by atoms with Gasteiger partial charge in [0, 0.05) is 5.02 Å². The maximum atomic E-state index is 6.20. The van der Waals surface area contributed by atoms with Gasteiger partial charge in [0.05, 0.1) is 0 Å². The lowest BCUT2D eigenvalue weighted by Gasteiger charge is -2.35. The Kier molecular flexibility index (Phi) is 3.27. The summed E-state index contributed by atoms with van der Waals surface area (Å²) in [5.74, 6) is 0.441. The van der Waals surface area contributed by atoms with Crippen molar-refractivity contribution < 1.29 is 0 Å². The fourth-order valence-corrected chi connectivity index (χ4v) is 2.54. The summed E-state index contributed by atoms with van der Waals surface area (Å²) < 4.78 is 0. The third-order valence-electron chi connectivity index (χ3n) is 3.44. The van der Waals surface area contributed by atoms with Crippen LogP contribution < -0.4 is 16.9 Å². The molecular weight excluding hydrogens is 286 g/mol. The van der Waals surface area contributed by atoms with E-state index in [1.54, 1.807) is 12.1 Å². The van der Waals surface area contributed by atoms with Gasteiger partial charge >= 0.3 is 0 Å². The zero-order chi connectivity index (χ0) is 14.9. The van der Waals surface area contributed by atoms with Gasteiger partial charge in [-0.25, -0.2) is 0 Å². The highest BCUT2D eigenvalue weighted by Gasteiger charge is 2.40. The van der Waals surface area contributed by atoms with E-state index in [0.717, 1.165) is 11.1 Å². The zero-order valence-corrected chi connectivity index (χ0v) is 11.9. The highest BCUT2D eigenvalue weighted by atomic mass is 35.5. The number of rotatable bonds is 2. The quantitative estimate of drug-likeness (QED) is 0.789. The number of nitrogens with zero attached hydrogens (tertiary/aromatic N) is 2. The molecule has 0 bridgehead atoms. The van der Waals surface area contributed by atoms with Crippen molar-refractivity contribution >= 4 is 23.4 Å². The standard InChI is InChI=1S/C15H14ClN5/c16-12-8-6-11(7-9-12)15(10-4-2-1-3-5-10)13(17)19-14(18)20-21-15/h1-9,21H,(H4,17,18,19,20). The smallest absolute Gasteiger partial charge is 0.239 e. The summed E-state index contributed by atoms with van der Waals surface area (Å²) in [5.41, 5.74) is 15.8. The normalized spacial score (nSPS) is 21.2. The van der Waals surface area contributed by atoms with E-state index >= 15 is 0 Å². The summed E-state index contributed by atoms with van der Waals surface area (Å²) in [7, 11) is 0. The number of hydrogen-bond acceptors (Lipinski definition) is 5. The van der Waals surface area contributed by atoms with Crippen molar-refractivity contribution in [2.45, 2.75) is 5.54 Å². The van der Waals surface area contributed by atoms with E-state index in [4.69, 9.17) is 23.1 Å². The Morgan fingerprint density at radius 2 is 1.52 bits per heavy atom. The molecule has 6 heteroatoms. The van der Waals surface area contributed by atoms with Crippen molar-refractivity contribution in [3.05, 3.63) is 70.7 Å². The summed E-state index contributed by atoms with van der Waals surface area (Å²) in [6.45, 7) is 0. The largest absolute Gasteiger partial charge is 0.384 e. The van der Waals surface area contributed by atoms with Gasteiger partial charge in [-0.1, -0.05) is 54.1 Å². The minimum Gasteiger partial charge on any atom is -0.384 e. The Balaban J connectivity index is 2.22. The van der Waals surface area contributed by atoms with Crippen LogP contribution in [0.25, 0.3) is 0 Å². The molecule has 3 rings (SSSR count). The molecule has 0 spiro atoms. The molecule has 1 heterocycles. The SMILES string of the molecule is NC1=NNC(c2ccccc2)(c2ccc(Cl)cc2)C(N)=N1. The van der Waals surface area contributed by atoms with Crippen LogP contribution in [0, 0.1) is 0 Å². The molecule has 5 nitrogen and oxygen atoms in total. The number of nitrogens with one attached hydrogen (secondary N) is 1. The number of aliphatic imine (C=N–C) groups is 1. The van der Waals surface area contributed by atoms with Crippen molar-refractivity contribution in [2.75, 3.05) is 0 Å². The van der Waals surface area contributed by atoms with Crippen LogP contribution in [0.2, 0.25) is 5.02 Å². The van der Waals surface area contributed by atoms with Gasteiger partial charge in [0.1, 0.15) is 5.84 Å². The minimum absolute atomic E-state index is 0.105. The van der Waals surface area contributed by atoms with E-state index in [1.165, 1.54) is 0 Å². The molecule has 2 aromatic carbocycles. The van der Waals surface area contributed by atoms with Gasteiger partial charge in [-0.15, -0.1) is 5.10 Å². The highest BCUT2D eigenvalue weighted by Crippen LogP contribution is 2.32. The molecule has 1 aliphatic rings. The Bertz CT molecular complexity index is 709. The molecule has 2 aromatic rings. The van der Waals surface area contributed by atoms with Crippen LogP contribution in [-0.2, 0) is 5.54 Å². The van der Waals surface area contributed by atoms with E-state index in [9.17, 15) is 0 Å². The Hall–Kier alpha value is -2.53. The summed E-state index contributed by atoms with van der Waals surface area (Å²) in [5, 5.41) is 4.70.